The maximum absolute atomic E-state index is 13.2. The standard InChI is InChI=1S/C24H28BrNO4Si/c1-16(27)30-23-20-19(15-31(2,3)18-12-8-5-9-13-18)26(22(23)21(20)25)24(28)29-14-17-10-6-4-7-11-17/h4-13,19-23H,14-15H2,1-3H3/t19-,20-,21-,22+,23+/m0/s1. The fourth-order valence-electron chi connectivity index (χ4n) is 4.98. The van der Waals surface area contributed by atoms with E-state index >= 15 is 0 Å². The van der Waals surface area contributed by atoms with Crippen molar-refractivity contribution in [3.05, 3.63) is 66.2 Å². The van der Waals surface area contributed by atoms with Crippen molar-refractivity contribution in [1.29, 1.82) is 0 Å². The van der Waals surface area contributed by atoms with Gasteiger partial charge >= 0.3 is 12.1 Å². The van der Waals surface area contributed by atoms with Gasteiger partial charge in [-0.05, 0) is 11.6 Å². The van der Waals surface area contributed by atoms with Crippen LogP contribution in [0.1, 0.15) is 12.5 Å². The van der Waals surface area contributed by atoms with E-state index in [1.54, 1.807) is 0 Å². The Balaban J connectivity index is 1.56. The van der Waals surface area contributed by atoms with E-state index in [-0.39, 0.29) is 47.6 Å². The maximum Gasteiger partial charge on any atom is 0.410 e. The molecular formula is C24H28BrNO4Si. The average Bonchev–Trinajstić information content (AvgIpc) is 3.22. The molecule has 0 spiro atoms. The Morgan fingerprint density at radius 2 is 1.65 bits per heavy atom. The van der Waals surface area contributed by atoms with E-state index < -0.39 is 8.07 Å². The Hall–Kier alpha value is -2.12. The zero-order valence-electron chi connectivity index (χ0n) is 18.0. The summed E-state index contributed by atoms with van der Waals surface area (Å²) in [5.41, 5.74) is 0.949. The number of carbonyl (C=O) groups is 2. The van der Waals surface area contributed by atoms with Crippen LogP contribution in [0.25, 0.3) is 0 Å². The third-order valence-electron chi connectivity index (χ3n) is 6.53. The SMILES string of the molecule is CC(=O)O[C@@H]1[C@@H]2[C@H](Br)[C@H]1N(C(=O)OCc1ccccc1)[C@H]2C[Si](C)(C)c1ccccc1. The van der Waals surface area contributed by atoms with Gasteiger partial charge in [0.15, 0.2) is 0 Å². The molecule has 2 aromatic carbocycles. The van der Waals surface area contributed by atoms with Crippen LogP contribution in [0.2, 0.25) is 19.1 Å². The molecule has 1 saturated carbocycles. The molecule has 2 heterocycles. The number of hydrogen-bond acceptors (Lipinski definition) is 4. The molecule has 7 heteroatoms. The highest BCUT2D eigenvalue weighted by molar-refractivity contribution is 9.09. The number of nitrogens with zero attached hydrogens (tertiary/aromatic N) is 1. The molecule has 3 aliphatic rings. The molecule has 1 aliphatic carbocycles. The molecule has 3 fully saturated rings. The molecule has 2 aromatic rings. The Labute approximate surface area is 192 Å². The minimum Gasteiger partial charge on any atom is -0.460 e. The van der Waals surface area contributed by atoms with Gasteiger partial charge in [-0.2, -0.15) is 0 Å². The van der Waals surface area contributed by atoms with Crippen molar-refractivity contribution in [3.8, 4) is 0 Å². The van der Waals surface area contributed by atoms with E-state index in [0.29, 0.717) is 0 Å². The summed E-state index contributed by atoms with van der Waals surface area (Å²) in [4.78, 5) is 26.9. The van der Waals surface area contributed by atoms with Gasteiger partial charge in [0.05, 0.1) is 14.1 Å². The molecule has 5 nitrogen and oxygen atoms in total. The van der Waals surface area contributed by atoms with Crippen molar-refractivity contribution in [2.75, 3.05) is 0 Å². The van der Waals surface area contributed by atoms with Crippen LogP contribution in [0, 0.1) is 5.92 Å². The number of halogens is 1. The van der Waals surface area contributed by atoms with Crippen molar-refractivity contribution in [3.63, 3.8) is 0 Å². The summed E-state index contributed by atoms with van der Waals surface area (Å²) in [7, 11) is -1.84. The number of amides is 1. The van der Waals surface area contributed by atoms with Crippen LogP contribution < -0.4 is 5.19 Å². The molecular weight excluding hydrogens is 474 g/mol. The fraction of sp³-hybridized carbons (Fsp3) is 0.417. The number of carbonyl (C=O) groups excluding carboxylic acids is 2. The molecule has 0 radical (unpaired) electrons. The van der Waals surface area contributed by atoms with E-state index in [1.165, 1.54) is 12.1 Å². The lowest BCUT2D eigenvalue weighted by Gasteiger charge is -2.40. The van der Waals surface area contributed by atoms with E-state index in [2.05, 4.69) is 53.3 Å². The number of fused-ring (bicyclic) bond motifs is 1. The Bertz CT molecular complexity index is 939. The summed E-state index contributed by atoms with van der Waals surface area (Å²) in [6, 6.07) is 20.9. The normalized spacial score (nSPS) is 26.8. The highest BCUT2D eigenvalue weighted by Gasteiger charge is 2.68. The highest BCUT2D eigenvalue weighted by Crippen LogP contribution is 2.54. The summed E-state index contributed by atoms with van der Waals surface area (Å²) >= 11 is 3.77. The van der Waals surface area contributed by atoms with Crippen molar-refractivity contribution >= 4 is 41.3 Å². The van der Waals surface area contributed by atoms with Crippen LogP contribution in [-0.2, 0) is 20.9 Å². The summed E-state index contributed by atoms with van der Waals surface area (Å²) in [6.45, 7) is 6.31. The van der Waals surface area contributed by atoms with Crippen molar-refractivity contribution < 1.29 is 19.1 Å². The molecule has 0 aromatic heterocycles. The molecule has 2 aliphatic heterocycles. The van der Waals surface area contributed by atoms with E-state index in [0.717, 1.165) is 11.6 Å². The third kappa shape index (κ3) is 4.30. The summed E-state index contributed by atoms with van der Waals surface area (Å²) in [6.07, 6.45) is -0.616. The van der Waals surface area contributed by atoms with Gasteiger partial charge < -0.3 is 9.47 Å². The molecule has 2 saturated heterocycles. The summed E-state index contributed by atoms with van der Waals surface area (Å²) in [5.74, 6) is -0.231. The smallest absolute Gasteiger partial charge is 0.410 e. The van der Waals surface area contributed by atoms with Crippen LogP contribution >= 0.6 is 15.9 Å². The first kappa shape index (κ1) is 22.1. The predicted molar refractivity (Wildman–Crippen MR) is 126 cm³/mol. The lowest BCUT2D eigenvalue weighted by Crippen LogP contribution is -2.56. The van der Waals surface area contributed by atoms with E-state index in [1.807, 2.05) is 41.3 Å². The zero-order valence-corrected chi connectivity index (χ0v) is 20.6. The summed E-state index contributed by atoms with van der Waals surface area (Å²) < 4.78 is 11.3. The first-order chi connectivity index (χ1) is 14.8. The van der Waals surface area contributed by atoms with Crippen molar-refractivity contribution in [2.45, 2.75) is 55.7 Å². The largest absolute Gasteiger partial charge is 0.460 e. The predicted octanol–water partition coefficient (Wildman–Crippen LogP) is 4.32. The quantitative estimate of drug-likeness (QED) is 0.336. The molecule has 31 heavy (non-hydrogen) atoms. The number of ether oxygens (including phenoxy) is 2. The van der Waals surface area contributed by atoms with Crippen LogP contribution in [0.4, 0.5) is 4.79 Å². The van der Waals surface area contributed by atoms with Gasteiger partial charge in [0.2, 0.25) is 0 Å². The van der Waals surface area contributed by atoms with Gasteiger partial charge in [-0.1, -0.05) is 94.9 Å². The zero-order chi connectivity index (χ0) is 22.2. The molecule has 1 amide bonds. The molecule has 0 unspecified atom stereocenters. The molecule has 5 rings (SSSR count). The van der Waals surface area contributed by atoms with Gasteiger partial charge in [0.25, 0.3) is 0 Å². The molecule has 5 atom stereocenters. The molecule has 2 bridgehead atoms. The van der Waals surface area contributed by atoms with Crippen LogP contribution in [0.15, 0.2) is 60.7 Å². The maximum atomic E-state index is 13.2. The Morgan fingerprint density at radius 1 is 1.03 bits per heavy atom. The van der Waals surface area contributed by atoms with Crippen LogP contribution in [0.3, 0.4) is 0 Å². The number of benzene rings is 2. The van der Waals surface area contributed by atoms with Gasteiger partial charge in [-0.25, -0.2) is 4.79 Å². The van der Waals surface area contributed by atoms with Gasteiger partial charge in [-0.3, -0.25) is 9.69 Å². The molecule has 0 N–H and O–H groups in total. The lowest BCUT2D eigenvalue weighted by molar-refractivity contribution is -0.154. The first-order valence-corrected chi connectivity index (χ1v) is 14.8. The fourth-order valence-corrected chi connectivity index (χ4v) is 9.03. The lowest BCUT2D eigenvalue weighted by atomic mass is 9.79. The van der Waals surface area contributed by atoms with Crippen molar-refractivity contribution in [1.82, 2.24) is 4.90 Å². The topological polar surface area (TPSA) is 55.8 Å². The average molecular weight is 502 g/mol. The number of rotatable bonds is 6. The van der Waals surface area contributed by atoms with E-state index in [9.17, 15) is 9.59 Å². The van der Waals surface area contributed by atoms with Gasteiger partial charge in [-0.15, -0.1) is 0 Å². The number of alkyl halides is 1. The van der Waals surface area contributed by atoms with E-state index in [4.69, 9.17) is 9.47 Å². The van der Waals surface area contributed by atoms with Crippen LogP contribution in [0.5, 0.6) is 0 Å². The third-order valence-corrected chi connectivity index (χ3v) is 11.0. The Kier molecular flexibility index (Phi) is 6.26. The number of hydrogen-bond donors (Lipinski definition) is 0. The minimum absolute atomic E-state index is 0.0242. The summed E-state index contributed by atoms with van der Waals surface area (Å²) in [5, 5.41) is 1.35. The van der Waals surface area contributed by atoms with Gasteiger partial charge in [0, 0.05) is 23.7 Å². The monoisotopic (exact) mass is 501 g/mol. The second-order valence-corrected chi connectivity index (χ2v) is 14.9. The van der Waals surface area contributed by atoms with Crippen LogP contribution in [-0.4, -0.2) is 48.1 Å². The van der Waals surface area contributed by atoms with Gasteiger partial charge in [0.1, 0.15) is 12.7 Å². The van der Waals surface area contributed by atoms with Crippen molar-refractivity contribution in [2.24, 2.45) is 5.92 Å². The highest BCUT2D eigenvalue weighted by atomic mass is 79.9. The first-order valence-electron chi connectivity index (χ1n) is 10.7. The Morgan fingerprint density at radius 3 is 2.26 bits per heavy atom. The number of esters is 1. The second kappa shape index (κ2) is 8.79. The second-order valence-electron chi connectivity index (χ2n) is 9.06. The minimum atomic E-state index is -1.84. The molecule has 164 valence electrons.